The minimum atomic E-state index is -0.123. The summed E-state index contributed by atoms with van der Waals surface area (Å²) in [6.07, 6.45) is 3.95. The lowest BCUT2D eigenvalue weighted by Crippen LogP contribution is -2.51. The van der Waals surface area contributed by atoms with E-state index in [0.29, 0.717) is 26.2 Å². The topological polar surface area (TPSA) is 57.6 Å². The van der Waals surface area contributed by atoms with Crippen LogP contribution in [0.5, 0.6) is 0 Å². The number of benzene rings is 1. The van der Waals surface area contributed by atoms with Crippen LogP contribution in [0.1, 0.15) is 6.92 Å². The highest BCUT2D eigenvalue weighted by Crippen LogP contribution is 2.14. The normalized spacial score (nSPS) is 14.7. The van der Waals surface area contributed by atoms with Crippen LogP contribution in [-0.2, 0) is 4.79 Å². The van der Waals surface area contributed by atoms with Crippen LogP contribution < -0.4 is 5.32 Å². The van der Waals surface area contributed by atoms with Crippen molar-refractivity contribution in [2.24, 2.45) is 0 Å². The van der Waals surface area contributed by atoms with Crippen LogP contribution in [0.2, 0.25) is 0 Å². The molecule has 1 aliphatic rings. The Hall–Kier alpha value is -2.76. The summed E-state index contributed by atoms with van der Waals surface area (Å²) in [5, 5.41) is 2.90. The van der Waals surface area contributed by atoms with Gasteiger partial charge in [-0.3, -0.25) is 4.79 Å². The van der Waals surface area contributed by atoms with Crippen molar-refractivity contribution in [2.75, 3.05) is 31.5 Å². The Balaban J connectivity index is 1.57. The minimum absolute atomic E-state index is 0.0608. The Morgan fingerprint density at radius 2 is 1.48 bits per heavy atom. The van der Waals surface area contributed by atoms with Crippen LogP contribution in [0, 0.1) is 0 Å². The van der Waals surface area contributed by atoms with Gasteiger partial charge in [0.25, 0.3) is 0 Å². The Morgan fingerprint density at radius 3 is 2.04 bits per heavy atom. The van der Waals surface area contributed by atoms with Gasteiger partial charge in [-0.1, -0.05) is 0 Å². The lowest BCUT2D eigenvalue weighted by atomic mass is 10.2. The predicted octanol–water partition coefficient (Wildman–Crippen LogP) is 2.17. The molecule has 0 radical (unpaired) electrons. The number of nitrogens with zero attached hydrogens (tertiary/aromatic N) is 3. The fraction of sp³-hybridized carbons (Fsp3) is 0.294. The average Bonchev–Trinajstić information content (AvgIpc) is 3.10. The lowest BCUT2D eigenvalue weighted by molar-refractivity contribution is -0.130. The van der Waals surface area contributed by atoms with Crippen molar-refractivity contribution in [3.8, 4) is 5.69 Å². The maximum absolute atomic E-state index is 12.3. The number of carbonyl (C=O) groups is 2. The van der Waals surface area contributed by atoms with Crippen molar-refractivity contribution < 1.29 is 9.59 Å². The van der Waals surface area contributed by atoms with E-state index in [0.717, 1.165) is 11.4 Å². The summed E-state index contributed by atoms with van der Waals surface area (Å²) in [5.41, 5.74) is 1.81. The summed E-state index contributed by atoms with van der Waals surface area (Å²) in [6, 6.07) is 11.5. The molecule has 2 aromatic rings. The summed E-state index contributed by atoms with van der Waals surface area (Å²) < 4.78 is 2.01. The summed E-state index contributed by atoms with van der Waals surface area (Å²) in [6.45, 7) is 3.87. The summed E-state index contributed by atoms with van der Waals surface area (Å²) in [7, 11) is 0. The molecule has 1 aliphatic heterocycles. The van der Waals surface area contributed by atoms with Crippen molar-refractivity contribution in [2.45, 2.75) is 6.92 Å². The third-order valence-corrected chi connectivity index (χ3v) is 4.03. The van der Waals surface area contributed by atoms with E-state index >= 15 is 0 Å². The molecule has 6 nitrogen and oxygen atoms in total. The lowest BCUT2D eigenvalue weighted by Gasteiger charge is -2.34. The summed E-state index contributed by atoms with van der Waals surface area (Å²) >= 11 is 0. The Bertz CT molecular complexity index is 671. The van der Waals surface area contributed by atoms with Gasteiger partial charge in [-0.15, -0.1) is 0 Å². The van der Waals surface area contributed by atoms with Crippen LogP contribution in [0.25, 0.3) is 5.69 Å². The number of nitrogens with one attached hydrogen (secondary N) is 1. The highest BCUT2D eigenvalue weighted by Gasteiger charge is 2.22. The van der Waals surface area contributed by atoms with Crippen LogP contribution in [-0.4, -0.2) is 52.5 Å². The number of amides is 3. The number of hydrogen-bond donors (Lipinski definition) is 1. The number of aromatic nitrogens is 1. The smallest absolute Gasteiger partial charge is 0.321 e. The molecule has 0 bridgehead atoms. The Morgan fingerprint density at radius 1 is 0.913 bits per heavy atom. The number of anilines is 1. The fourth-order valence-electron chi connectivity index (χ4n) is 2.65. The molecule has 120 valence electrons. The zero-order valence-electron chi connectivity index (χ0n) is 13.1. The maximum Gasteiger partial charge on any atom is 0.321 e. The highest BCUT2D eigenvalue weighted by atomic mass is 16.2. The van der Waals surface area contributed by atoms with Crippen molar-refractivity contribution in [1.29, 1.82) is 0 Å². The molecule has 2 heterocycles. The molecule has 1 fully saturated rings. The van der Waals surface area contributed by atoms with E-state index in [9.17, 15) is 9.59 Å². The van der Waals surface area contributed by atoms with Gasteiger partial charge in [0.2, 0.25) is 5.91 Å². The van der Waals surface area contributed by atoms with E-state index in [2.05, 4.69) is 5.32 Å². The molecule has 6 heteroatoms. The second-order valence-corrected chi connectivity index (χ2v) is 5.56. The molecule has 23 heavy (non-hydrogen) atoms. The van der Waals surface area contributed by atoms with Crippen LogP contribution >= 0.6 is 0 Å². The first-order valence-corrected chi connectivity index (χ1v) is 7.68. The second kappa shape index (κ2) is 6.56. The second-order valence-electron chi connectivity index (χ2n) is 5.56. The van der Waals surface area contributed by atoms with Gasteiger partial charge in [0.15, 0.2) is 0 Å². The van der Waals surface area contributed by atoms with Gasteiger partial charge < -0.3 is 19.7 Å². The number of carbonyl (C=O) groups excluding carboxylic acids is 2. The van der Waals surface area contributed by atoms with Gasteiger partial charge in [-0.05, 0) is 36.4 Å². The van der Waals surface area contributed by atoms with E-state index in [1.165, 1.54) is 0 Å². The van der Waals surface area contributed by atoms with E-state index in [4.69, 9.17) is 0 Å². The number of piperazine rings is 1. The molecular weight excluding hydrogens is 292 g/mol. The average molecular weight is 312 g/mol. The molecule has 1 aromatic carbocycles. The zero-order chi connectivity index (χ0) is 16.2. The van der Waals surface area contributed by atoms with Crippen molar-refractivity contribution in [3.05, 3.63) is 48.8 Å². The summed E-state index contributed by atoms with van der Waals surface area (Å²) in [5.74, 6) is 0.0608. The SMILES string of the molecule is CC(=O)N1CCN(C(=O)Nc2ccc(-n3cccc3)cc2)CC1. The first kappa shape index (κ1) is 15.1. The summed E-state index contributed by atoms with van der Waals surface area (Å²) in [4.78, 5) is 27.1. The number of rotatable bonds is 2. The van der Waals surface area contributed by atoms with Crippen LogP contribution in [0.3, 0.4) is 0 Å². The first-order valence-electron chi connectivity index (χ1n) is 7.68. The van der Waals surface area contributed by atoms with Gasteiger partial charge in [-0.25, -0.2) is 4.79 Å². The third kappa shape index (κ3) is 3.53. The molecule has 0 spiro atoms. The monoisotopic (exact) mass is 312 g/mol. The number of urea groups is 1. The maximum atomic E-state index is 12.3. The Kier molecular flexibility index (Phi) is 4.32. The van der Waals surface area contributed by atoms with Gasteiger partial charge in [0, 0.05) is 56.9 Å². The van der Waals surface area contributed by atoms with Gasteiger partial charge >= 0.3 is 6.03 Å². The largest absolute Gasteiger partial charge is 0.339 e. The quantitative estimate of drug-likeness (QED) is 0.924. The third-order valence-electron chi connectivity index (χ3n) is 4.03. The van der Waals surface area contributed by atoms with E-state index < -0.39 is 0 Å². The molecule has 0 atom stereocenters. The molecular formula is C17H20N4O2. The molecule has 1 N–H and O–H groups in total. The van der Waals surface area contributed by atoms with E-state index in [-0.39, 0.29) is 11.9 Å². The van der Waals surface area contributed by atoms with E-state index in [1.807, 2.05) is 53.4 Å². The molecule has 0 unspecified atom stereocenters. The zero-order valence-corrected chi connectivity index (χ0v) is 13.1. The Labute approximate surface area is 135 Å². The van der Waals surface area contributed by atoms with Gasteiger partial charge in [-0.2, -0.15) is 0 Å². The molecule has 0 aliphatic carbocycles. The number of hydrogen-bond acceptors (Lipinski definition) is 2. The van der Waals surface area contributed by atoms with Crippen molar-refractivity contribution in [1.82, 2.24) is 14.4 Å². The minimum Gasteiger partial charge on any atom is -0.339 e. The first-order chi connectivity index (χ1) is 11.1. The van der Waals surface area contributed by atoms with Crippen molar-refractivity contribution >= 4 is 17.6 Å². The van der Waals surface area contributed by atoms with Gasteiger partial charge in [0.05, 0.1) is 0 Å². The molecule has 0 saturated carbocycles. The predicted molar refractivity (Wildman–Crippen MR) is 88.6 cm³/mol. The molecule has 1 aromatic heterocycles. The molecule has 3 rings (SSSR count). The molecule has 3 amide bonds. The highest BCUT2D eigenvalue weighted by molar-refractivity contribution is 5.89. The van der Waals surface area contributed by atoms with Crippen LogP contribution in [0.15, 0.2) is 48.8 Å². The van der Waals surface area contributed by atoms with Crippen LogP contribution in [0.4, 0.5) is 10.5 Å². The fourth-order valence-corrected chi connectivity index (χ4v) is 2.65. The standard InChI is InChI=1S/C17H20N4O2/c1-14(22)19-10-12-21(13-11-19)17(23)18-15-4-6-16(7-5-15)20-8-2-3-9-20/h2-9H,10-13H2,1H3,(H,18,23). The van der Waals surface area contributed by atoms with E-state index in [1.54, 1.807) is 16.7 Å². The van der Waals surface area contributed by atoms with Crippen molar-refractivity contribution in [3.63, 3.8) is 0 Å². The molecule has 1 saturated heterocycles. The van der Waals surface area contributed by atoms with Gasteiger partial charge in [0.1, 0.15) is 0 Å².